The van der Waals surface area contributed by atoms with Gasteiger partial charge in [-0.3, -0.25) is 0 Å². The van der Waals surface area contributed by atoms with Crippen LogP contribution in [0.1, 0.15) is 85.1 Å². The average Bonchev–Trinajstić information content (AvgIpc) is 3.20. The van der Waals surface area contributed by atoms with Gasteiger partial charge in [-0.25, -0.2) is 19.9 Å². The van der Waals surface area contributed by atoms with E-state index in [1.54, 1.807) is 24.8 Å². The summed E-state index contributed by atoms with van der Waals surface area (Å²) in [5, 5.41) is 0. The lowest BCUT2D eigenvalue weighted by Crippen LogP contribution is -2.17. The van der Waals surface area contributed by atoms with Crippen molar-refractivity contribution in [2.24, 2.45) is 0 Å². The summed E-state index contributed by atoms with van der Waals surface area (Å²) < 4.78 is 93.4. The van der Waals surface area contributed by atoms with Gasteiger partial charge in [-0.1, -0.05) is 99.5 Å². The molecule has 4 aromatic carbocycles. The second kappa shape index (κ2) is 18.4. The highest BCUT2D eigenvalue weighted by Crippen LogP contribution is 2.39. The van der Waals surface area contributed by atoms with Crippen LogP contribution >= 0.6 is 0 Å². The highest BCUT2D eigenvalue weighted by atomic mass is 19.4. The molecule has 0 N–H and O–H groups in total. The summed E-state index contributed by atoms with van der Waals surface area (Å²) in [5.41, 5.74) is 5.80. The Morgan fingerprint density at radius 2 is 0.754 bits per heavy atom. The average molecular weight is 787 g/mol. The minimum atomic E-state index is -4.88. The Kier molecular flexibility index (Phi) is 13.2. The number of aryl methyl sites for hydroxylation is 2. The van der Waals surface area contributed by atoms with Crippen LogP contribution in [0.3, 0.4) is 0 Å². The highest BCUT2D eigenvalue weighted by Gasteiger charge is 2.32. The summed E-state index contributed by atoms with van der Waals surface area (Å²) in [5.74, 6) is 0.221. The van der Waals surface area contributed by atoms with Crippen LogP contribution in [0, 0.1) is 0 Å². The Morgan fingerprint density at radius 1 is 0.456 bits per heavy atom. The molecule has 0 aliphatic rings. The van der Waals surface area contributed by atoms with Crippen molar-refractivity contribution in [1.82, 2.24) is 19.9 Å². The van der Waals surface area contributed by atoms with Crippen molar-refractivity contribution in [2.75, 3.05) is 0 Å². The van der Waals surface area contributed by atoms with Gasteiger partial charge >= 0.3 is 12.7 Å². The number of ether oxygens (including phenoxy) is 3. The van der Waals surface area contributed by atoms with E-state index < -0.39 is 36.4 Å². The topological polar surface area (TPSA) is 79.2 Å². The van der Waals surface area contributed by atoms with Gasteiger partial charge in [-0.15, -0.1) is 26.3 Å². The fourth-order valence-corrected chi connectivity index (χ4v) is 6.17. The van der Waals surface area contributed by atoms with E-state index in [-0.39, 0.29) is 0 Å². The molecule has 296 valence electrons. The smallest absolute Gasteiger partial charge is 0.406 e. The van der Waals surface area contributed by atoms with Gasteiger partial charge in [-0.05, 0) is 83.3 Å². The Balaban J connectivity index is 1.36. The lowest BCUT2D eigenvalue weighted by molar-refractivity contribution is -0.275. The number of hydrogen-bond acceptors (Lipinski definition) is 7. The molecule has 0 saturated heterocycles. The molecule has 0 bridgehead atoms. The quantitative estimate of drug-likeness (QED) is 0.0904. The first-order valence-corrected chi connectivity index (χ1v) is 18.6. The third-order valence-electron chi connectivity index (χ3n) is 9.10. The van der Waals surface area contributed by atoms with Gasteiger partial charge in [0.15, 0.2) is 11.6 Å². The normalized spacial score (nSPS) is 12.9. The monoisotopic (exact) mass is 786 g/mol. The molecule has 13 heteroatoms. The van der Waals surface area contributed by atoms with Gasteiger partial charge in [0.05, 0.1) is 0 Å². The Hall–Kier alpha value is -5.82. The van der Waals surface area contributed by atoms with Crippen molar-refractivity contribution in [3.63, 3.8) is 0 Å². The van der Waals surface area contributed by atoms with Gasteiger partial charge in [0.2, 0.25) is 0 Å². The predicted molar refractivity (Wildman–Crippen MR) is 203 cm³/mol. The zero-order valence-electron chi connectivity index (χ0n) is 31.2. The molecule has 0 fully saturated rings. The number of aromatic nitrogens is 4. The number of unbranched alkanes of at least 4 members (excludes halogenated alkanes) is 2. The molecule has 0 aliphatic carbocycles. The van der Waals surface area contributed by atoms with Crippen molar-refractivity contribution in [1.29, 1.82) is 0 Å². The maximum absolute atomic E-state index is 13.0. The van der Waals surface area contributed by atoms with Gasteiger partial charge in [0, 0.05) is 35.9 Å². The SMILES string of the molecule is CCCCc1cnc(-c2ccc(C(OC(c3ccc(OC(F)(F)F)cc3)c3ccc(-c4ncc(CCCC)cn4)cc3)c3ccc(OC(F)(F)F)cc3)cc2)nc1. The van der Waals surface area contributed by atoms with Gasteiger partial charge in [-0.2, -0.15) is 0 Å². The fraction of sp³-hybridized carbons (Fsp3) is 0.273. The van der Waals surface area contributed by atoms with Gasteiger partial charge < -0.3 is 14.2 Å². The lowest BCUT2D eigenvalue weighted by atomic mass is 9.96. The highest BCUT2D eigenvalue weighted by molar-refractivity contribution is 5.57. The molecule has 2 atom stereocenters. The second-order valence-corrected chi connectivity index (χ2v) is 13.4. The number of rotatable bonds is 16. The zero-order chi connectivity index (χ0) is 40.4. The summed E-state index contributed by atoms with van der Waals surface area (Å²) >= 11 is 0. The maximum atomic E-state index is 13.0. The van der Waals surface area contributed by atoms with E-state index in [4.69, 9.17) is 4.74 Å². The molecular weight excluding hydrogens is 746 g/mol. The second-order valence-electron chi connectivity index (χ2n) is 13.4. The summed E-state index contributed by atoms with van der Waals surface area (Å²) in [4.78, 5) is 18.2. The molecule has 6 rings (SSSR count). The number of hydrogen-bond donors (Lipinski definition) is 0. The van der Waals surface area contributed by atoms with E-state index in [9.17, 15) is 26.3 Å². The van der Waals surface area contributed by atoms with Crippen LogP contribution in [0.4, 0.5) is 26.3 Å². The summed E-state index contributed by atoms with van der Waals surface area (Å²) in [6.07, 6.45) is 1.60. The van der Waals surface area contributed by atoms with E-state index in [2.05, 4.69) is 43.3 Å². The van der Waals surface area contributed by atoms with E-state index in [1.807, 2.05) is 48.5 Å². The van der Waals surface area contributed by atoms with Crippen LogP contribution in [0.25, 0.3) is 22.8 Å². The Bertz CT molecular complexity index is 1990. The van der Waals surface area contributed by atoms with E-state index >= 15 is 0 Å². The molecule has 7 nitrogen and oxygen atoms in total. The minimum Gasteiger partial charge on any atom is -0.406 e. The fourth-order valence-electron chi connectivity index (χ4n) is 6.17. The molecular formula is C44H40F6N4O3. The largest absolute Gasteiger partial charge is 0.573 e. The van der Waals surface area contributed by atoms with Gasteiger partial charge in [0.25, 0.3) is 0 Å². The number of alkyl halides is 6. The lowest BCUT2D eigenvalue weighted by Gasteiger charge is -2.27. The van der Waals surface area contributed by atoms with Crippen molar-refractivity contribution < 1.29 is 40.6 Å². The molecule has 2 heterocycles. The summed E-state index contributed by atoms with van der Waals surface area (Å²) in [6.45, 7) is 4.23. The van der Waals surface area contributed by atoms with Crippen molar-refractivity contribution >= 4 is 0 Å². The van der Waals surface area contributed by atoms with Crippen LogP contribution in [-0.4, -0.2) is 32.7 Å². The Labute approximate surface area is 326 Å². The zero-order valence-corrected chi connectivity index (χ0v) is 31.2. The first-order valence-electron chi connectivity index (χ1n) is 18.6. The Morgan fingerprint density at radius 3 is 1.04 bits per heavy atom. The minimum absolute atomic E-state index is 0.409. The summed E-state index contributed by atoms with van der Waals surface area (Å²) in [6, 6.07) is 25.2. The number of halogens is 6. The maximum Gasteiger partial charge on any atom is 0.573 e. The summed E-state index contributed by atoms with van der Waals surface area (Å²) in [7, 11) is 0. The van der Waals surface area contributed by atoms with E-state index in [0.717, 1.165) is 60.8 Å². The molecule has 0 saturated carbocycles. The molecule has 57 heavy (non-hydrogen) atoms. The first-order chi connectivity index (χ1) is 27.4. The van der Waals surface area contributed by atoms with Crippen LogP contribution < -0.4 is 9.47 Å². The van der Waals surface area contributed by atoms with E-state index in [0.29, 0.717) is 33.9 Å². The van der Waals surface area contributed by atoms with Crippen LogP contribution in [0.5, 0.6) is 11.5 Å². The van der Waals surface area contributed by atoms with Crippen molar-refractivity contribution in [3.8, 4) is 34.3 Å². The molecule has 2 unspecified atom stereocenters. The number of nitrogens with zero attached hydrogens (tertiary/aromatic N) is 4. The first kappa shape index (κ1) is 40.8. The molecule has 0 radical (unpaired) electrons. The van der Waals surface area contributed by atoms with E-state index in [1.165, 1.54) is 48.5 Å². The van der Waals surface area contributed by atoms with Gasteiger partial charge in [0.1, 0.15) is 23.7 Å². The van der Waals surface area contributed by atoms with Crippen molar-refractivity contribution in [3.05, 3.63) is 155 Å². The molecule has 0 aliphatic heterocycles. The van der Waals surface area contributed by atoms with Crippen LogP contribution in [0.2, 0.25) is 0 Å². The standard InChI is InChI=1S/C44H40F6N4O3/c1-3-5-7-29-25-51-41(52-26-29)35-13-9-31(10-14-35)39(33-17-21-37(22-18-33)56-43(45,46)47)55-40(34-19-23-38(24-20-34)57-44(48,49)50)32-11-15-36(16-12-32)42-53-27-30(28-54-42)8-6-4-2/h9-28,39-40H,3-8H2,1-2H3. The van der Waals surface area contributed by atoms with Crippen molar-refractivity contribution in [2.45, 2.75) is 77.3 Å². The molecule has 6 aromatic rings. The van der Waals surface area contributed by atoms with Crippen LogP contribution in [0.15, 0.2) is 122 Å². The number of benzene rings is 4. The third-order valence-corrected chi connectivity index (χ3v) is 9.10. The molecule has 2 aromatic heterocycles. The van der Waals surface area contributed by atoms with Crippen LogP contribution in [-0.2, 0) is 17.6 Å². The predicted octanol–water partition coefficient (Wildman–Crippen LogP) is 12.0. The molecule has 0 spiro atoms. The molecule has 0 amide bonds. The third kappa shape index (κ3) is 11.6.